The number of thiophene rings is 1. The summed E-state index contributed by atoms with van der Waals surface area (Å²) in [6.07, 6.45) is 3.80. The Balaban J connectivity index is 1.83. The van der Waals surface area contributed by atoms with Gasteiger partial charge in [-0.15, -0.1) is 11.3 Å². The highest BCUT2D eigenvalue weighted by molar-refractivity contribution is 7.17. The monoisotopic (exact) mass is 373 g/mol. The van der Waals surface area contributed by atoms with Crippen LogP contribution in [0.3, 0.4) is 0 Å². The fourth-order valence-corrected chi connectivity index (χ4v) is 4.28. The van der Waals surface area contributed by atoms with Crippen molar-refractivity contribution in [2.45, 2.75) is 45.6 Å². The number of benzene rings is 1. The summed E-state index contributed by atoms with van der Waals surface area (Å²) >= 11 is 1.47. The maximum absolute atomic E-state index is 12.7. The van der Waals surface area contributed by atoms with Crippen LogP contribution in [0.1, 0.15) is 57.8 Å². The smallest absolute Gasteiger partial charge is 0.341 e. The Kier molecular flexibility index (Phi) is 5.61. The van der Waals surface area contributed by atoms with E-state index in [1.165, 1.54) is 18.4 Å². The lowest BCUT2D eigenvalue weighted by Gasteiger charge is -2.13. The van der Waals surface area contributed by atoms with Gasteiger partial charge in [0.2, 0.25) is 0 Å². The molecule has 1 N–H and O–H groups in total. The molecular formula is C20H23NO4S. The number of esters is 1. The molecule has 0 saturated heterocycles. The predicted octanol–water partition coefficient (Wildman–Crippen LogP) is 4.45. The zero-order chi connectivity index (χ0) is 18.7. The molecule has 1 aromatic heterocycles. The number of ether oxygens (including phenoxy) is 2. The zero-order valence-corrected chi connectivity index (χ0v) is 16.1. The molecule has 1 aliphatic carbocycles. The van der Waals surface area contributed by atoms with Crippen LogP contribution in [-0.2, 0) is 17.6 Å². The first-order valence-electron chi connectivity index (χ1n) is 8.84. The van der Waals surface area contributed by atoms with Gasteiger partial charge < -0.3 is 14.8 Å². The average molecular weight is 373 g/mol. The van der Waals surface area contributed by atoms with Crippen molar-refractivity contribution >= 4 is 28.2 Å². The number of aryl methyl sites for hydroxylation is 1. The molecule has 1 unspecified atom stereocenters. The van der Waals surface area contributed by atoms with E-state index < -0.39 is 5.97 Å². The number of amides is 1. The van der Waals surface area contributed by atoms with E-state index >= 15 is 0 Å². The topological polar surface area (TPSA) is 64.6 Å². The molecule has 1 aliphatic rings. The minimum absolute atomic E-state index is 0.0829. The highest BCUT2D eigenvalue weighted by atomic mass is 32.1. The second kappa shape index (κ2) is 7.91. The Morgan fingerprint density at radius 3 is 2.85 bits per heavy atom. The van der Waals surface area contributed by atoms with E-state index in [-0.39, 0.29) is 12.0 Å². The van der Waals surface area contributed by atoms with E-state index in [9.17, 15) is 9.59 Å². The van der Waals surface area contributed by atoms with Gasteiger partial charge in [0.15, 0.2) is 0 Å². The summed E-state index contributed by atoms with van der Waals surface area (Å²) in [5.74, 6) is 0.00657. The molecule has 6 heteroatoms. The first kappa shape index (κ1) is 18.5. The fourth-order valence-electron chi connectivity index (χ4n) is 3.01. The Hall–Kier alpha value is -2.34. The van der Waals surface area contributed by atoms with Gasteiger partial charge in [0.1, 0.15) is 10.8 Å². The standard InChI is InChI=1S/C20H23NO4S/c1-4-12(2)25-14-8-5-7-13(11-14)18(22)21-19-17(20(23)24-3)15-9-6-10-16(15)26-19/h5,7-8,11-12H,4,6,9-10H2,1-3H3,(H,21,22). The van der Waals surface area contributed by atoms with Crippen LogP contribution >= 0.6 is 11.3 Å². The number of methoxy groups -OCH3 is 1. The number of fused-ring (bicyclic) bond motifs is 1. The maximum atomic E-state index is 12.7. The van der Waals surface area contributed by atoms with Crippen molar-refractivity contribution in [3.05, 3.63) is 45.8 Å². The predicted molar refractivity (Wildman–Crippen MR) is 102 cm³/mol. The molecule has 1 atom stereocenters. The molecule has 1 heterocycles. The highest BCUT2D eigenvalue weighted by Gasteiger charge is 2.28. The molecule has 0 fully saturated rings. The Labute approximate surface area is 157 Å². The second-order valence-electron chi connectivity index (χ2n) is 6.37. The maximum Gasteiger partial charge on any atom is 0.341 e. The number of carbonyl (C=O) groups is 2. The molecular weight excluding hydrogens is 350 g/mol. The van der Waals surface area contributed by atoms with Gasteiger partial charge in [-0.25, -0.2) is 4.79 Å². The third-order valence-electron chi connectivity index (χ3n) is 4.55. The van der Waals surface area contributed by atoms with Gasteiger partial charge in [0, 0.05) is 10.4 Å². The van der Waals surface area contributed by atoms with Crippen LogP contribution in [0.2, 0.25) is 0 Å². The van der Waals surface area contributed by atoms with Crippen molar-refractivity contribution in [3.63, 3.8) is 0 Å². The third-order valence-corrected chi connectivity index (χ3v) is 5.75. The molecule has 1 amide bonds. The molecule has 2 aromatic rings. The summed E-state index contributed by atoms with van der Waals surface area (Å²) in [6.45, 7) is 4.04. The third kappa shape index (κ3) is 3.75. The minimum atomic E-state index is -0.395. The van der Waals surface area contributed by atoms with Crippen molar-refractivity contribution in [1.29, 1.82) is 0 Å². The average Bonchev–Trinajstić information content (AvgIpc) is 3.21. The summed E-state index contributed by atoms with van der Waals surface area (Å²) in [5, 5.41) is 3.46. The summed E-state index contributed by atoms with van der Waals surface area (Å²) in [7, 11) is 1.36. The normalized spacial score (nSPS) is 13.8. The molecule has 0 bridgehead atoms. The molecule has 3 rings (SSSR count). The first-order valence-corrected chi connectivity index (χ1v) is 9.66. The Morgan fingerprint density at radius 2 is 2.12 bits per heavy atom. The van der Waals surface area contributed by atoms with Crippen LogP contribution < -0.4 is 10.1 Å². The van der Waals surface area contributed by atoms with E-state index in [0.717, 1.165) is 36.1 Å². The number of nitrogens with one attached hydrogen (secondary N) is 1. The van der Waals surface area contributed by atoms with Gasteiger partial charge in [-0.2, -0.15) is 0 Å². The number of anilines is 1. The molecule has 0 radical (unpaired) electrons. The molecule has 0 aliphatic heterocycles. The minimum Gasteiger partial charge on any atom is -0.491 e. The zero-order valence-electron chi connectivity index (χ0n) is 15.3. The lowest BCUT2D eigenvalue weighted by atomic mass is 10.1. The summed E-state index contributed by atoms with van der Waals surface area (Å²) in [6, 6.07) is 7.09. The molecule has 5 nitrogen and oxygen atoms in total. The lowest BCUT2D eigenvalue weighted by molar-refractivity contribution is 0.0601. The van der Waals surface area contributed by atoms with Gasteiger partial charge >= 0.3 is 5.97 Å². The van der Waals surface area contributed by atoms with Crippen molar-refractivity contribution < 1.29 is 19.1 Å². The van der Waals surface area contributed by atoms with E-state index in [4.69, 9.17) is 9.47 Å². The van der Waals surface area contributed by atoms with E-state index in [1.54, 1.807) is 18.2 Å². The van der Waals surface area contributed by atoms with Crippen LogP contribution in [0.4, 0.5) is 5.00 Å². The molecule has 138 valence electrons. The second-order valence-corrected chi connectivity index (χ2v) is 7.48. The Morgan fingerprint density at radius 1 is 1.31 bits per heavy atom. The van der Waals surface area contributed by atoms with Crippen molar-refractivity contribution in [3.8, 4) is 5.75 Å². The van der Waals surface area contributed by atoms with Crippen LogP contribution in [0.15, 0.2) is 24.3 Å². The number of hydrogen-bond donors (Lipinski definition) is 1. The molecule has 26 heavy (non-hydrogen) atoms. The molecule has 0 saturated carbocycles. The van der Waals surface area contributed by atoms with Crippen LogP contribution in [0.5, 0.6) is 5.75 Å². The van der Waals surface area contributed by atoms with Crippen molar-refractivity contribution in [1.82, 2.24) is 0 Å². The summed E-state index contributed by atoms with van der Waals surface area (Å²) in [4.78, 5) is 26.1. The lowest BCUT2D eigenvalue weighted by Crippen LogP contribution is -2.15. The van der Waals surface area contributed by atoms with Gasteiger partial charge in [0.25, 0.3) is 5.91 Å². The number of rotatable bonds is 6. The van der Waals surface area contributed by atoms with E-state index in [2.05, 4.69) is 5.32 Å². The van der Waals surface area contributed by atoms with Crippen LogP contribution in [0.25, 0.3) is 0 Å². The van der Waals surface area contributed by atoms with Crippen LogP contribution in [0, 0.1) is 0 Å². The number of hydrogen-bond acceptors (Lipinski definition) is 5. The van der Waals surface area contributed by atoms with Gasteiger partial charge in [-0.1, -0.05) is 13.0 Å². The largest absolute Gasteiger partial charge is 0.491 e. The van der Waals surface area contributed by atoms with Crippen molar-refractivity contribution in [2.75, 3.05) is 12.4 Å². The van der Waals surface area contributed by atoms with Crippen molar-refractivity contribution in [2.24, 2.45) is 0 Å². The Bertz CT molecular complexity index is 827. The van der Waals surface area contributed by atoms with E-state index in [0.29, 0.717) is 21.9 Å². The molecule has 1 aromatic carbocycles. The molecule has 0 spiro atoms. The van der Waals surface area contributed by atoms with Gasteiger partial charge in [-0.3, -0.25) is 4.79 Å². The van der Waals surface area contributed by atoms with Crippen LogP contribution in [-0.4, -0.2) is 25.1 Å². The fraction of sp³-hybridized carbons (Fsp3) is 0.400. The SMILES string of the molecule is CCC(C)Oc1cccc(C(=O)Nc2sc3c(c2C(=O)OC)CCC3)c1. The summed E-state index contributed by atoms with van der Waals surface area (Å²) < 4.78 is 10.7. The van der Waals surface area contributed by atoms with Gasteiger partial charge in [0.05, 0.1) is 18.8 Å². The first-order chi connectivity index (χ1) is 12.5. The number of carbonyl (C=O) groups excluding carboxylic acids is 2. The highest BCUT2D eigenvalue weighted by Crippen LogP contribution is 2.39. The quantitative estimate of drug-likeness (QED) is 0.760. The summed E-state index contributed by atoms with van der Waals surface area (Å²) in [5.41, 5.74) is 2.02. The van der Waals surface area contributed by atoms with Gasteiger partial charge in [-0.05, 0) is 56.4 Å². The van der Waals surface area contributed by atoms with E-state index in [1.807, 2.05) is 19.9 Å².